The predicted molar refractivity (Wildman–Crippen MR) is 143 cm³/mol. The number of hydrogen-bond donors (Lipinski definition) is 1. The smallest absolute Gasteiger partial charge is 0.139 e. The van der Waals surface area contributed by atoms with Crippen molar-refractivity contribution in [1.29, 1.82) is 0 Å². The second kappa shape index (κ2) is 11.1. The normalized spacial score (nSPS) is 11.7. The molecule has 0 aliphatic heterocycles. The maximum absolute atomic E-state index is 11.8. The van der Waals surface area contributed by atoms with Crippen LogP contribution < -0.4 is 10.6 Å². The molecule has 4 aromatic carbocycles. The van der Waals surface area contributed by atoms with Gasteiger partial charge in [0.1, 0.15) is 5.60 Å². The largest absolute Gasteiger partial charge is 0.376 e. The van der Waals surface area contributed by atoms with Gasteiger partial charge in [-0.1, -0.05) is 140 Å². The first kappa shape index (κ1) is 22.9. The van der Waals surface area contributed by atoms with E-state index in [1.165, 1.54) is 10.6 Å². The second-order valence-electron chi connectivity index (χ2n) is 7.98. The van der Waals surface area contributed by atoms with E-state index in [0.29, 0.717) is 5.57 Å². The molecule has 2 heteroatoms. The Labute approximate surface area is 198 Å². The van der Waals surface area contributed by atoms with E-state index in [0.717, 1.165) is 23.7 Å². The summed E-state index contributed by atoms with van der Waals surface area (Å²) in [6, 6.07) is 41.1. The highest BCUT2D eigenvalue weighted by Gasteiger charge is 2.33. The van der Waals surface area contributed by atoms with Gasteiger partial charge in [-0.15, -0.1) is 0 Å². The summed E-state index contributed by atoms with van der Waals surface area (Å²) in [4.78, 5) is 0. The molecule has 4 rings (SSSR count). The lowest BCUT2D eigenvalue weighted by molar-refractivity contribution is 0.125. The molecule has 1 N–H and O–H groups in total. The fourth-order valence-electron chi connectivity index (χ4n) is 4.07. The van der Waals surface area contributed by atoms with Crippen LogP contribution in [0.1, 0.15) is 17.5 Å². The fourth-order valence-corrected chi connectivity index (χ4v) is 6.35. The van der Waals surface area contributed by atoms with Crippen molar-refractivity contribution in [2.45, 2.75) is 12.0 Å². The molecule has 0 heterocycles. The van der Waals surface area contributed by atoms with Crippen molar-refractivity contribution < 1.29 is 5.11 Å². The van der Waals surface area contributed by atoms with E-state index in [2.05, 4.69) is 73.3 Å². The molecule has 0 aromatic heterocycles. The maximum atomic E-state index is 11.8. The Kier molecular flexibility index (Phi) is 7.68. The van der Waals surface area contributed by atoms with Crippen LogP contribution in [0.4, 0.5) is 0 Å². The van der Waals surface area contributed by atoms with Gasteiger partial charge in [-0.2, -0.15) is 0 Å². The van der Waals surface area contributed by atoms with Gasteiger partial charge in [0.05, 0.1) is 0 Å². The number of benzene rings is 4. The second-order valence-corrected chi connectivity index (χ2v) is 10.3. The number of rotatable bonds is 9. The minimum absolute atomic E-state index is 0.441. The van der Waals surface area contributed by atoms with Crippen molar-refractivity contribution in [1.82, 2.24) is 0 Å². The summed E-state index contributed by atoms with van der Waals surface area (Å²) in [5.41, 5.74) is 1.05. The van der Waals surface area contributed by atoms with Crippen molar-refractivity contribution in [3.05, 3.63) is 157 Å². The third-order valence-corrected chi connectivity index (χ3v) is 8.37. The molecule has 0 saturated heterocycles. The zero-order valence-electron chi connectivity index (χ0n) is 18.7. The summed E-state index contributed by atoms with van der Waals surface area (Å²) in [6.45, 7) is 4.28. The van der Waals surface area contributed by atoms with Crippen LogP contribution in [0.5, 0.6) is 0 Å². The van der Waals surface area contributed by atoms with E-state index < -0.39 is 13.5 Å². The summed E-state index contributed by atoms with van der Waals surface area (Å²) in [7, 11) is -0.441. The van der Waals surface area contributed by atoms with E-state index in [1.807, 2.05) is 66.7 Å². The SMILES string of the molecule is C=C(/C=C/CCP(c1ccccc1)c1ccccc1)C(O)(c1ccccc1)c1ccccc1. The number of aliphatic hydroxyl groups is 1. The number of hydrogen-bond acceptors (Lipinski definition) is 1. The van der Waals surface area contributed by atoms with Gasteiger partial charge in [-0.25, -0.2) is 0 Å². The summed E-state index contributed by atoms with van der Waals surface area (Å²) in [6.07, 6.45) is 6.10. The van der Waals surface area contributed by atoms with Gasteiger partial charge >= 0.3 is 0 Å². The van der Waals surface area contributed by atoms with Gasteiger partial charge in [0.15, 0.2) is 0 Å². The van der Waals surface area contributed by atoms with Crippen LogP contribution in [-0.4, -0.2) is 11.3 Å². The molecule has 0 amide bonds. The van der Waals surface area contributed by atoms with E-state index in [4.69, 9.17) is 0 Å². The van der Waals surface area contributed by atoms with Gasteiger partial charge in [-0.05, 0) is 47.8 Å². The molecule has 0 bridgehead atoms. The lowest BCUT2D eigenvalue weighted by Crippen LogP contribution is -2.28. The molecular formula is C31H29OP. The Morgan fingerprint density at radius 2 is 1.06 bits per heavy atom. The van der Waals surface area contributed by atoms with Crippen LogP contribution in [0.2, 0.25) is 0 Å². The van der Waals surface area contributed by atoms with Crippen molar-refractivity contribution >= 4 is 18.5 Å². The Hall–Kier alpha value is -3.25. The van der Waals surface area contributed by atoms with E-state index in [-0.39, 0.29) is 0 Å². The molecule has 0 spiro atoms. The standard InChI is InChI=1S/C31H29OP/c1-26(31(32,27-17-6-2-7-18-27)28-19-8-3-9-20-28)16-14-15-25-33(29-21-10-4-11-22-29)30-23-12-5-13-24-30/h2-14,16-24,32H,1,15,25H2/b16-14+. The van der Waals surface area contributed by atoms with Crippen LogP contribution in [0, 0.1) is 0 Å². The molecule has 1 nitrogen and oxygen atoms in total. The molecular weight excluding hydrogens is 419 g/mol. The molecule has 0 aliphatic carbocycles. The lowest BCUT2D eigenvalue weighted by atomic mass is 9.80. The van der Waals surface area contributed by atoms with Crippen molar-refractivity contribution in [3.8, 4) is 0 Å². The molecule has 0 fully saturated rings. The minimum atomic E-state index is -1.26. The highest BCUT2D eigenvalue weighted by molar-refractivity contribution is 7.73. The van der Waals surface area contributed by atoms with Crippen molar-refractivity contribution in [2.75, 3.05) is 6.16 Å². The van der Waals surface area contributed by atoms with E-state index in [9.17, 15) is 5.11 Å². The van der Waals surface area contributed by atoms with Gasteiger partial charge in [0.25, 0.3) is 0 Å². The third kappa shape index (κ3) is 5.40. The lowest BCUT2D eigenvalue weighted by Gasteiger charge is -2.30. The summed E-state index contributed by atoms with van der Waals surface area (Å²) >= 11 is 0. The average molecular weight is 449 g/mol. The van der Waals surface area contributed by atoms with Crippen LogP contribution in [0.25, 0.3) is 0 Å². The fraction of sp³-hybridized carbons (Fsp3) is 0.0968. The van der Waals surface area contributed by atoms with Crippen molar-refractivity contribution in [3.63, 3.8) is 0 Å². The predicted octanol–water partition coefficient (Wildman–Crippen LogP) is 6.56. The van der Waals surface area contributed by atoms with E-state index in [1.54, 1.807) is 0 Å². The first-order chi connectivity index (χ1) is 16.2. The summed E-state index contributed by atoms with van der Waals surface area (Å²) in [5.74, 6) is 0. The minimum Gasteiger partial charge on any atom is -0.376 e. The number of allylic oxidation sites excluding steroid dienone is 1. The van der Waals surface area contributed by atoms with Crippen LogP contribution >= 0.6 is 7.92 Å². The molecule has 0 radical (unpaired) electrons. The molecule has 4 aromatic rings. The van der Waals surface area contributed by atoms with Crippen LogP contribution in [0.3, 0.4) is 0 Å². The maximum Gasteiger partial charge on any atom is 0.139 e. The van der Waals surface area contributed by atoms with Gasteiger partial charge < -0.3 is 5.11 Å². The highest BCUT2D eigenvalue weighted by atomic mass is 31.1. The summed E-state index contributed by atoms with van der Waals surface area (Å²) in [5, 5.41) is 14.6. The zero-order chi connectivity index (χ0) is 22.9. The Morgan fingerprint density at radius 3 is 1.48 bits per heavy atom. The Bertz CT molecular complexity index is 1090. The molecule has 0 saturated carbocycles. The topological polar surface area (TPSA) is 20.2 Å². The van der Waals surface area contributed by atoms with Gasteiger partial charge in [0.2, 0.25) is 0 Å². The first-order valence-corrected chi connectivity index (χ1v) is 12.8. The van der Waals surface area contributed by atoms with Gasteiger partial charge in [-0.3, -0.25) is 0 Å². The molecule has 164 valence electrons. The van der Waals surface area contributed by atoms with Crippen LogP contribution in [0.15, 0.2) is 146 Å². The highest BCUT2D eigenvalue weighted by Crippen LogP contribution is 2.37. The Balaban J connectivity index is 1.54. The first-order valence-electron chi connectivity index (χ1n) is 11.3. The van der Waals surface area contributed by atoms with E-state index >= 15 is 0 Å². The third-order valence-electron chi connectivity index (χ3n) is 5.82. The average Bonchev–Trinajstić information content (AvgIpc) is 2.90. The monoisotopic (exact) mass is 448 g/mol. The summed E-state index contributed by atoms with van der Waals surface area (Å²) < 4.78 is 0. The van der Waals surface area contributed by atoms with Crippen LogP contribution in [-0.2, 0) is 5.60 Å². The molecule has 0 aliphatic rings. The zero-order valence-corrected chi connectivity index (χ0v) is 19.6. The molecule has 0 unspecified atom stereocenters. The van der Waals surface area contributed by atoms with Crippen molar-refractivity contribution in [2.24, 2.45) is 0 Å². The quantitative estimate of drug-likeness (QED) is 0.227. The Morgan fingerprint density at radius 1 is 0.667 bits per heavy atom. The van der Waals surface area contributed by atoms with Gasteiger partial charge in [0, 0.05) is 0 Å². The molecule has 0 atom stereocenters. The molecule has 33 heavy (non-hydrogen) atoms.